The van der Waals surface area contributed by atoms with Crippen molar-refractivity contribution in [2.45, 2.75) is 64.7 Å². The lowest BCUT2D eigenvalue weighted by Gasteiger charge is -2.42. The average molecular weight is 365 g/mol. The van der Waals surface area contributed by atoms with Crippen LogP contribution in [-0.4, -0.2) is 53.4 Å². The van der Waals surface area contributed by atoms with Crippen LogP contribution in [0.5, 0.6) is 0 Å². The number of amides is 1. The Morgan fingerprint density at radius 3 is 2.36 bits per heavy atom. The van der Waals surface area contributed by atoms with Gasteiger partial charge in [-0.3, -0.25) is 9.59 Å². The van der Waals surface area contributed by atoms with E-state index in [9.17, 15) is 27.9 Å². The van der Waals surface area contributed by atoms with Crippen LogP contribution in [0.1, 0.15) is 46.5 Å². The fourth-order valence-corrected chi connectivity index (χ4v) is 4.27. The third-order valence-corrected chi connectivity index (χ3v) is 5.88. The van der Waals surface area contributed by atoms with E-state index in [4.69, 9.17) is 4.74 Å². The van der Waals surface area contributed by atoms with E-state index >= 15 is 0 Å². The van der Waals surface area contributed by atoms with E-state index in [1.807, 2.05) is 0 Å². The number of hydrogen-bond acceptors (Lipinski definition) is 3. The van der Waals surface area contributed by atoms with Gasteiger partial charge in [-0.15, -0.1) is 0 Å². The molecule has 1 aliphatic heterocycles. The smallest absolute Gasteiger partial charge is 0.471 e. The molecule has 25 heavy (non-hydrogen) atoms. The fourth-order valence-electron chi connectivity index (χ4n) is 4.27. The number of ether oxygens (including phenoxy) is 1. The summed E-state index contributed by atoms with van der Waals surface area (Å²) in [4.78, 5) is 24.9. The Kier molecular flexibility index (Phi) is 5.71. The van der Waals surface area contributed by atoms with E-state index in [1.165, 1.54) is 0 Å². The molecule has 1 amide bonds. The second-order valence-electron chi connectivity index (χ2n) is 7.63. The van der Waals surface area contributed by atoms with Gasteiger partial charge in [0.1, 0.15) is 0 Å². The molecule has 2 unspecified atom stereocenters. The number of alkyl halides is 3. The molecule has 2 aliphatic rings. The minimum atomic E-state index is -4.97. The molecule has 2 rings (SSSR count). The van der Waals surface area contributed by atoms with Crippen LogP contribution in [0.25, 0.3) is 0 Å². The maximum Gasteiger partial charge on any atom is 0.471 e. The highest BCUT2D eigenvalue weighted by Gasteiger charge is 2.54. The molecule has 1 aliphatic carbocycles. The summed E-state index contributed by atoms with van der Waals surface area (Å²) < 4.78 is 44.9. The summed E-state index contributed by atoms with van der Waals surface area (Å²) in [5.41, 5.74) is -1.08. The number of carbonyl (C=O) groups excluding carboxylic acids is 1. The first-order chi connectivity index (χ1) is 11.5. The topological polar surface area (TPSA) is 66.8 Å². The summed E-state index contributed by atoms with van der Waals surface area (Å²) in [6, 6.07) is -1.29. The third-order valence-electron chi connectivity index (χ3n) is 5.88. The molecule has 5 nitrogen and oxygen atoms in total. The van der Waals surface area contributed by atoms with Gasteiger partial charge in [0.05, 0.1) is 12.0 Å². The van der Waals surface area contributed by atoms with E-state index in [-0.39, 0.29) is 31.1 Å². The van der Waals surface area contributed by atoms with Gasteiger partial charge in [0.2, 0.25) is 0 Å². The number of hydrogen-bond donors (Lipinski definition) is 1. The molecule has 0 radical (unpaired) electrons. The zero-order valence-electron chi connectivity index (χ0n) is 14.8. The Hall–Kier alpha value is -1.31. The molecule has 0 aromatic carbocycles. The van der Waals surface area contributed by atoms with E-state index in [0.717, 1.165) is 4.90 Å². The Bertz CT molecular complexity index is 523. The van der Waals surface area contributed by atoms with Gasteiger partial charge in [0, 0.05) is 24.6 Å². The van der Waals surface area contributed by atoms with E-state index < -0.39 is 35.6 Å². The first-order valence-electron chi connectivity index (χ1n) is 8.71. The van der Waals surface area contributed by atoms with Crippen LogP contribution in [-0.2, 0) is 14.3 Å². The van der Waals surface area contributed by atoms with Crippen molar-refractivity contribution in [1.29, 1.82) is 0 Å². The van der Waals surface area contributed by atoms with Gasteiger partial charge in [-0.25, -0.2) is 0 Å². The van der Waals surface area contributed by atoms with Crippen LogP contribution in [0.15, 0.2) is 0 Å². The van der Waals surface area contributed by atoms with Crippen molar-refractivity contribution in [3.05, 3.63) is 0 Å². The standard InChI is InChI=1S/C17H26F3NO4/c1-10(2)16(15(23)24)6-4-12(8-16)21(14(22)17(18,19)20)13-5-7-25-9-11(13)3/h10-13H,4-9H2,1-3H3,(H,23,24)/t11?,12-,13?,16+/m1/s1. The number of rotatable bonds is 4. The number of halogens is 3. The van der Waals surface area contributed by atoms with E-state index in [2.05, 4.69) is 0 Å². The van der Waals surface area contributed by atoms with Crippen LogP contribution in [0.4, 0.5) is 13.2 Å². The van der Waals surface area contributed by atoms with Gasteiger partial charge in [-0.1, -0.05) is 20.8 Å². The van der Waals surface area contributed by atoms with Crippen LogP contribution in [0.2, 0.25) is 0 Å². The molecule has 1 N–H and O–H groups in total. The SMILES string of the molecule is CC1COCCC1N(C(=O)C(F)(F)F)[C@@H]1CC[C@@](C(=O)O)(C(C)C)C1. The van der Waals surface area contributed by atoms with Crippen LogP contribution >= 0.6 is 0 Å². The molecule has 0 aromatic rings. The Labute approximate surface area is 145 Å². The lowest BCUT2D eigenvalue weighted by molar-refractivity contribution is -0.194. The lowest BCUT2D eigenvalue weighted by atomic mass is 9.75. The highest BCUT2D eigenvalue weighted by Crippen LogP contribution is 2.47. The number of carbonyl (C=O) groups is 2. The molecular formula is C17H26F3NO4. The van der Waals surface area contributed by atoms with Crippen molar-refractivity contribution in [3.8, 4) is 0 Å². The van der Waals surface area contributed by atoms with E-state index in [1.54, 1.807) is 20.8 Å². The number of aliphatic carboxylic acids is 1. The van der Waals surface area contributed by atoms with Gasteiger partial charge in [0.25, 0.3) is 0 Å². The second-order valence-corrected chi connectivity index (χ2v) is 7.63. The largest absolute Gasteiger partial charge is 0.481 e. The molecule has 1 saturated heterocycles. The fraction of sp³-hybridized carbons (Fsp3) is 0.882. The summed E-state index contributed by atoms with van der Waals surface area (Å²) in [6.07, 6.45) is -4.02. The first-order valence-corrected chi connectivity index (χ1v) is 8.71. The summed E-state index contributed by atoms with van der Waals surface area (Å²) in [6.45, 7) is 5.90. The third kappa shape index (κ3) is 3.78. The molecule has 4 atom stereocenters. The van der Waals surface area contributed by atoms with Crippen LogP contribution in [0.3, 0.4) is 0 Å². The van der Waals surface area contributed by atoms with Crippen molar-refractivity contribution < 1.29 is 32.6 Å². The van der Waals surface area contributed by atoms with Gasteiger partial charge in [-0.2, -0.15) is 13.2 Å². The molecular weight excluding hydrogens is 339 g/mol. The summed E-state index contributed by atoms with van der Waals surface area (Å²) in [5.74, 6) is -3.30. The van der Waals surface area contributed by atoms with Crippen LogP contribution in [0, 0.1) is 17.3 Å². The van der Waals surface area contributed by atoms with Crippen molar-refractivity contribution in [1.82, 2.24) is 4.90 Å². The minimum Gasteiger partial charge on any atom is -0.481 e. The molecule has 0 aromatic heterocycles. The van der Waals surface area contributed by atoms with Crippen molar-refractivity contribution >= 4 is 11.9 Å². The maximum absolute atomic E-state index is 13.2. The highest BCUT2D eigenvalue weighted by molar-refractivity contribution is 5.83. The zero-order chi connectivity index (χ0) is 19.0. The maximum atomic E-state index is 13.2. The molecule has 144 valence electrons. The summed E-state index contributed by atoms with van der Waals surface area (Å²) >= 11 is 0. The number of carboxylic acid groups (broad SMARTS) is 1. The molecule has 2 fully saturated rings. The number of carboxylic acids is 1. The molecule has 1 heterocycles. The van der Waals surface area contributed by atoms with Crippen molar-refractivity contribution in [2.24, 2.45) is 17.3 Å². The second kappa shape index (κ2) is 7.13. The first kappa shape index (κ1) is 20.0. The summed E-state index contributed by atoms with van der Waals surface area (Å²) in [5, 5.41) is 9.65. The van der Waals surface area contributed by atoms with Gasteiger partial charge in [-0.05, 0) is 31.6 Å². The Morgan fingerprint density at radius 2 is 1.92 bits per heavy atom. The Morgan fingerprint density at radius 1 is 1.28 bits per heavy atom. The van der Waals surface area contributed by atoms with Gasteiger partial charge in [0.15, 0.2) is 0 Å². The Balaban J connectivity index is 2.33. The quantitative estimate of drug-likeness (QED) is 0.831. The average Bonchev–Trinajstić information content (AvgIpc) is 2.95. The minimum absolute atomic E-state index is 0.0614. The van der Waals surface area contributed by atoms with Crippen molar-refractivity contribution in [3.63, 3.8) is 0 Å². The zero-order valence-corrected chi connectivity index (χ0v) is 14.8. The molecule has 0 bridgehead atoms. The normalized spacial score (nSPS) is 33.5. The number of nitrogens with zero attached hydrogens (tertiary/aromatic N) is 1. The lowest BCUT2D eigenvalue weighted by Crippen LogP contribution is -2.56. The monoisotopic (exact) mass is 365 g/mol. The highest BCUT2D eigenvalue weighted by atomic mass is 19.4. The van der Waals surface area contributed by atoms with Crippen molar-refractivity contribution in [2.75, 3.05) is 13.2 Å². The van der Waals surface area contributed by atoms with Gasteiger partial charge >= 0.3 is 18.1 Å². The molecule has 1 saturated carbocycles. The molecule has 0 spiro atoms. The van der Waals surface area contributed by atoms with Crippen LogP contribution < -0.4 is 0 Å². The predicted octanol–water partition coefficient (Wildman–Crippen LogP) is 3.08. The van der Waals surface area contributed by atoms with E-state index in [0.29, 0.717) is 19.6 Å². The summed E-state index contributed by atoms with van der Waals surface area (Å²) in [7, 11) is 0. The predicted molar refractivity (Wildman–Crippen MR) is 83.8 cm³/mol. The molecule has 8 heteroatoms. The van der Waals surface area contributed by atoms with Gasteiger partial charge < -0.3 is 14.7 Å².